The topological polar surface area (TPSA) is 95.9 Å². The SMILES string of the molecule is CC(=O)c1cccc(C(O)C(O)CCNC(=O)OCc2ccccc2)c1. The number of hydrogen-bond acceptors (Lipinski definition) is 5. The summed E-state index contributed by atoms with van der Waals surface area (Å²) < 4.78 is 5.07. The van der Waals surface area contributed by atoms with E-state index in [-0.39, 0.29) is 25.4 Å². The van der Waals surface area contributed by atoms with Crippen LogP contribution in [0.2, 0.25) is 0 Å². The fraction of sp³-hybridized carbons (Fsp3) is 0.300. The van der Waals surface area contributed by atoms with E-state index >= 15 is 0 Å². The summed E-state index contributed by atoms with van der Waals surface area (Å²) in [5.41, 5.74) is 1.80. The van der Waals surface area contributed by atoms with Crippen LogP contribution in [-0.2, 0) is 11.3 Å². The van der Waals surface area contributed by atoms with E-state index in [1.54, 1.807) is 24.3 Å². The second-order valence-electron chi connectivity index (χ2n) is 5.97. The molecule has 0 radical (unpaired) electrons. The average Bonchev–Trinajstić information content (AvgIpc) is 2.66. The van der Waals surface area contributed by atoms with Crippen LogP contribution in [0.25, 0.3) is 0 Å². The lowest BCUT2D eigenvalue weighted by molar-refractivity contribution is 0.0136. The van der Waals surface area contributed by atoms with E-state index in [0.29, 0.717) is 11.1 Å². The van der Waals surface area contributed by atoms with Gasteiger partial charge in [0.25, 0.3) is 0 Å². The summed E-state index contributed by atoms with van der Waals surface area (Å²) in [7, 11) is 0. The highest BCUT2D eigenvalue weighted by molar-refractivity contribution is 5.94. The van der Waals surface area contributed by atoms with Crippen molar-refractivity contribution in [1.29, 1.82) is 0 Å². The number of rotatable bonds is 8. The fourth-order valence-corrected chi connectivity index (χ4v) is 2.42. The largest absolute Gasteiger partial charge is 0.445 e. The maximum atomic E-state index is 11.6. The molecular weight excluding hydrogens is 334 g/mol. The maximum Gasteiger partial charge on any atom is 0.407 e. The summed E-state index contributed by atoms with van der Waals surface area (Å²) >= 11 is 0. The smallest absolute Gasteiger partial charge is 0.407 e. The van der Waals surface area contributed by atoms with Crippen molar-refractivity contribution < 1.29 is 24.5 Å². The first-order valence-corrected chi connectivity index (χ1v) is 8.39. The monoisotopic (exact) mass is 357 g/mol. The molecule has 0 saturated heterocycles. The minimum Gasteiger partial charge on any atom is -0.445 e. The number of ether oxygens (including phenoxy) is 1. The minimum absolute atomic E-state index is 0.114. The molecule has 0 heterocycles. The number of benzene rings is 2. The first kappa shape index (κ1) is 19.6. The Morgan fingerprint density at radius 2 is 1.81 bits per heavy atom. The van der Waals surface area contributed by atoms with Crippen LogP contribution in [0.15, 0.2) is 54.6 Å². The van der Waals surface area contributed by atoms with Crippen molar-refractivity contribution in [2.24, 2.45) is 0 Å². The third-order valence-electron chi connectivity index (χ3n) is 3.92. The van der Waals surface area contributed by atoms with E-state index in [2.05, 4.69) is 5.32 Å². The summed E-state index contributed by atoms with van der Waals surface area (Å²) in [6.07, 6.45) is -2.66. The predicted octanol–water partition coefficient (Wildman–Crippen LogP) is 2.60. The van der Waals surface area contributed by atoms with Gasteiger partial charge in [-0.15, -0.1) is 0 Å². The summed E-state index contributed by atoms with van der Waals surface area (Å²) in [6.45, 7) is 1.75. The van der Waals surface area contributed by atoms with E-state index < -0.39 is 18.3 Å². The van der Waals surface area contributed by atoms with Crippen molar-refractivity contribution in [1.82, 2.24) is 5.32 Å². The van der Waals surface area contributed by atoms with Crippen molar-refractivity contribution in [3.8, 4) is 0 Å². The number of carbonyl (C=O) groups excluding carboxylic acids is 2. The van der Waals surface area contributed by atoms with Crippen molar-refractivity contribution in [3.63, 3.8) is 0 Å². The molecule has 26 heavy (non-hydrogen) atoms. The molecule has 0 aliphatic carbocycles. The Kier molecular flexibility index (Phi) is 7.32. The van der Waals surface area contributed by atoms with Gasteiger partial charge in [0.15, 0.2) is 5.78 Å². The Hall–Kier alpha value is -2.70. The summed E-state index contributed by atoms with van der Waals surface area (Å²) in [6, 6.07) is 15.8. The predicted molar refractivity (Wildman–Crippen MR) is 96.7 cm³/mol. The van der Waals surface area contributed by atoms with Gasteiger partial charge in [-0.25, -0.2) is 4.79 Å². The van der Waals surface area contributed by atoms with Gasteiger partial charge in [0.1, 0.15) is 12.7 Å². The minimum atomic E-state index is -1.14. The lowest BCUT2D eigenvalue weighted by atomic mass is 9.99. The van der Waals surface area contributed by atoms with Gasteiger partial charge in [-0.05, 0) is 30.5 Å². The van der Waals surface area contributed by atoms with Gasteiger partial charge in [0.2, 0.25) is 0 Å². The zero-order valence-electron chi connectivity index (χ0n) is 14.6. The highest BCUT2D eigenvalue weighted by Crippen LogP contribution is 2.20. The van der Waals surface area contributed by atoms with Gasteiger partial charge in [0, 0.05) is 12.1 Å². The molecule has 2 aromatic carbocycles. The molecule has 2 unspecified atom stereocenters. The molecule has 0 aliphatic rings. The highest BCUT2D eigenvalue weighted by atomic mass is 16.5. The number of ketones is 1. The molecule has 138 valence electrons. The molecule has 1 amide bonds. The third kappa shape index (κ3) is 5.98. The van der Waals surface area contributed by atoms with E-state index in [1.807, 2.05) is 30.3 Å². The first-order chi connectivity index (χ1) is 12.5. The second-order valence-corrected chi connectivity index (χ2v) is 5.97. The molecule has 0 saturated carbocycles. The molecule has 0 aliphatic heterocycles. The van der Waals surface area contributed by atoms with Gasteiger partial charge in [0.05, 0.1) is 6.10 Å². The van der Waals surface area contributed by atoms with Crippen LogP contribution >= 0.6 is 0 Å². The van der Waals surface area contributed by atoms with Crippen molar-refractivity contribution in [2.45, 2.75) is 32.2 Å². The average molecular weight is 357 g/mol. The lowest BCUT2D eigenvalue weighted by Crippen LogP contribution is -2.29. The van der Waals surface area contributed by atoms with Gasteiger partial charge in [-0.1, -0.05) is 48.5 Å². The van der Waals surface area contributed by atoms with Crippen LogP contribution in [0, 0.1) is 0 Å². The standard InChI is InChI=1S/C20H23NO5/c1-14(22)16-8-5-9-17(12-16)19(24)18(23)10-11-21-20(25)26-13-15-6-3-2-4-7-15/h2-9,12,18-19,23-24H,10-11,13H2,1H3,(H,21,25). The molecule has 0 spiro atoms. The quantitative estimate of drug-likeness (QED) is 0.631. The number of Topliss-reactive ketones (excluding diaryl/α,β-unsaturated/α-hetero) is 1. The molecule has 0 aromatic heterocycles. The molecule has 6 nitrogen and oxygen atoms in total. The van der Waals surface area contributed by atoms with Gasteiger partial charge in [-0.3, -0.25) is 4.79 Å². The molecule has 0 bridgehead atoms. The first-order valence-electron chi connectivity index (χ1n) is 8.39. The maximum absolute atomic E-state index is 11.6. The molecule has 2 rings (SSSR count). The summed E-state index contributed by atoms with van der Waals surface area (Å²) in [5, 5.41) is 22.8. The summed E-state index contributed by atoms with van der Waals surface area (Å²) in [4.78, 5) is 23.0. The Morgan fingerprint density at radius 1 is 1.08 bits per heavy atom. The zero-order valence-corrected chi connectivity index (χ0v) is 14.6. The lowest BCUT2D eigenvalue weighted by Gasteiger charge is -2.18. The number of carbonyl (C=O) groups is 2. The van der Waals surface area contributed by atoms with E-state index in [4.69, 9.17) is 4.74 Å². The molecular formula is C20H23NO5. The highest BCUT2D eigenvalue weighted by Gasteiger charge is 2.19. The normalized spacial score (nSPS) is 12.9. The Morgan fingerprint density at radius 3 is 2.50 bits per heavy atom. The number of aliphatic hydroxyl groups is 2. The Bertz CT molecular complexity index is 732. The van der Waals surface area contributed by atoms with Crippen molar-refractivity contribution in [3.05, 3.63) is 71.3 Å². The van der Waals surface area contributed by atoms with E-state index in [9.17, 15) is 19.8 Å². The molecule has 2 atom stereocenters. The van der Waals surface area contributed by atoms with Crippen LogP contribution in [0.5, 0.6) is 0 Å². The van der Waals surface area contributed by atoms with Crippen LogP contribution in [0.4, 0.5) is 4.79 Å². The molecule has 0 fully saturated rings. The van der Waals surface area contributed by atoms with Crippen LogP contribution in [-0.4, -0.2) is 34.7 Å². The number of amides is 1. The summed E-state index contributed by atoms with van der Waals surface area (Å²) in [5.74, 6) is -0.114. The molecule has 2 aromatic rings. The van der Waals surface area contributed by atoms with Crippen LogP contribution < -0.4 is 5.32 Å². The van der Waals surface area contributed by atoms with Gasteiger partial charge >= 0.3 is 6.09 Å². The third-order valence-corrected chi connectivity index (χ3v) is 3.92. The van der Waals surface area contributed by atoms with Crippen molar-refractivity contribution >= 4 is 11.9 Å². The number of hydrogen-bond donors (Lipinski definition) is 3. The van der Waals surface area contributed by atoms with Crippen molar-refractivity contribution in [2.75, 3.05) is 6.54 Å². The number of alkyl carbamates (subject to hydrolysis) is 1. The number of nitrogens with one attached hydrogen (secondary N) is 1. The molecule has 6 heteroatoms. The van der Waals surface area contributed by atoms with Gasteiger partial charge < -0.3 is 20.3 Å². The van der Waals surface area contributed by atoms with Crippen LogP contribution in [0.3, 0.4) is 0 Å². The number of aliphatic hydroxyl groups excluding tert-OH is 2. The molecule has 3 N–H and O–H groups in total. The zero-order chi connectivity index (χ0) is 18.9. The van der Waals surface area contributed by atoms with Gasteiger partial charge in [-0.2, -0.15) is 0 Å². The van der Waals surface area contributed by atoms with Crippen LogP contribution in [0.1, 0.15) is 40.9 Å². The van der Waals surface area contributed by atoms with E-state index in [1.165, 1.54) is 6.92 Å². The Balaban J connectivity index is 1.75. The Labute approximate surface area is 152 Å². The van der Waals surface area contributed by atoms with E-state index in [0.717, 1.165) is 5.56 Å². The second kappa shape index (κ2) is 9.70. The fourth-order valence-electron chi connectivity index (χ4n) is 2.42.